The van der Waals surface area contributed by atoms with Crippen molar-refractivity contribution in [2.75, 3.05) is 11.3 Å². The summed E-state index contributed by atoms with van der Waals surface area (Å²) in [5.41, 5.74) is 3.09. The Hall–Kier alpha value is -2.28. The van der Waals surface area contributed by atoms with E-state index in [1.54, 1.807) is 19.1 Å². The predicted molar refractivity (Wildman–Crippen MR) is 69.2 cm³/mol. The van der Waals surface area contributed by atoms with Crippen LogP contribution in [0.4, 0.5) is 5.95 Å². The van der Waals surface area contributed by atoms with Gasteiger partial charge in [-0.25, -0.2) is 10.1 Å². The first kappa shape index (κ1) is 12.2. The van der Waals surface area contributed by atoms with Gasteiger partial charge in [-0.15, -0.1) is 10.2 Å². The molecule has 0 spiro atoms. The number of hydrogen-bond acceptors (Lipinski definition) is 6. The molecule has 7 nitrogen and oxygen atoms in total. The minimum atomic E-state index is 0.0790. The highest BCUT2D eigenvalue weighted by Crippen LogP contribution is 2.19. The van der Waals surface area contributed by atoms with E-state index in [2.05, 4.69) is 20.7 Å². The molecule has 0 atom stereocenters. The molecule has 1 aromatic carbocycles. The second-order valence-corrected chi connectivity index (χ2v) is 3.95. The lowest BCUT2D eigenvalue weighted by Gasteiger charge is -2.01. The third-order valence-corrected chi connectivity index (χ3v) is 2.46. The zero-order valence-electron chi connectivity index (χ0n) is 9.50. The Morgan fingerprint density at radius 3 is 2.94 bits per heavy atom. The van der Waals surface area contributed by atoms with Gasteiger partial charge in [0.2, 0.25) is 0 Å². The molecule has 0 unspecified atom stereocenters. The van der Waals surface area contributed by atoms with Gasteiger partial charge in [0.25, 0.3) is 5.95 Å². The van der Waals surface area contributed by atoms with Gasteiger partial charge in [0.15, 0.2) is 5.82 Å². The molecule has 1 heterocycles. The number of phenolic OH excluding ortho intramolecular Hbond substituents is 1. The molecule has 0 saturated heterocycles. The van der Waals surface area contributed by atoms with Gasteiger partial charge in [-0.3, -0.25) is 0 Å². The van der Waals surface area contributed by atoms with E-state index in [4.69, 9.17) is 17.4 Å². The Labute approximate surface area is 108 Å². The van der Waals surface area contributed by atoms with Gasteiger partial charge >= 0.3 is 0 Å². The minimum absolute atomic E-state index is 0.0790. The number of aromatic nitrogens is 3. The summed E-state index contributed by atoms with van der Waals surface area (Å²) in [5.74, 6) is 6.55. The molecule has 1 aromatic heterocycles. The van der Waals surface area contributed by atoms with Crippen LogP contribution in [-0.2, 0) is 0 Å². The molecular weight excluding hydrogens is 256 g/mol. The van der Waals surface area contributed by atoms with Crippen molar-refractivity contribution < 1.29 is 5.11 Å². The average molecular weight is 267 g/mol. The number of nitrogen functional groups attached to an aromatic ring is 1. The molecule has 2 aromatic rings. The third-order valence-electron chi connectivity index (χ3n) is 2.22. The van der Waals surface area contributed by atoms with E-state index in [-0.39, 0.29) is 5.75 Å². The summed E-state index contributed by atoms with van der Waals surface area (Å²) < 4.78 is 1.26. The van der Waals surface area contributed by atoms with Crippen molar-refractivity contribution >= 4 is 23.8 Å². The molecule has 18 heavy (non-hydrogen) atoms. The molecule has 0 aliphatic heterocycles. The highest BCUT2D eigenvalue weighted by atomic mass is 35.5. The van der Waals surface area contributed by atoms with Crippen LogP contribution in [0.25, 0.3) is 0 Å². The number of hydrazone groups is 1. The van der Waals surface area contributed by atoms with Gasteiger partial charge in [0.1, 0.15) is 5.75 Å². The highest BCUT2D eigenvalue weighted by molar-refractivity contribution is 6.30. The Morgan fingerprint density at radius 2 is 2.28 bits per heavy atom. The molecule has 0 amide bonds. The van der Waals surface area contributed by atoms with Gasteiger partial charge in [-0.2, -0.15) is 5.10 Å². The topological polar surface area (TPSA) is 101 Å². The second kappa shape index (κ2) is 4.92. The number of nitrogens with one attached hydrogen (secondary N) is 1. The number of rotatable bonds is 3. The summed E-state index contributed by atoms with van der Waals surface area (Å²) in [7, 11) is 0. The summed E-state index contributed by atoms with van der Waals surface area (Å²) in [6, 6.07) is 4.65. The largest absolute Gasteiger partial charge is 0.507 e. The molecule has 2 rings (SSSR count). The summed E-state index contributed by atoms with van der Waals surface area (Å²) in [6.07, 6.45) is 1.41. The smallest absolute Gasteiger partial charge is 0.263 e. The van der Waals surface area contributed by atoms with E-state index in [1.807, 2.05) is 0 Å². The van der Waals surface area contributed by atoms with Crippen LogP contribution in [0.15, 0.2) is 23.3 Å². The number of phenols is 1. The average Bonchev–Trinajstić information content (AvgIpc) is 2.65. The van der Waals surface area contributed by atoms with Gasteiger partial charge < -0.3 is 10.9 Å². The first-order chi connectivity index (χ1) is 8.58. The van der Waals surface area contributed by atoms with Gasteiger partial charge in [-0.1, -0.05) is 11.6 Å². The predicted octanol–water partition coefficient (Wildman–Crippen LogP) is 1.11. The Kier molecular flexibility index (Phi) is 3.33. The van der Waals surface area contributed by atoms with Crippen molar-refractivity contribution in [3.05, 3.63) is 34.6 Å². The van der Waals surface area contributed by atoms with Gasteiger partial charge in [-0.05, 0) is 25.1 Å². The van der Waals surface area contributed by atoms with E-state index in [1.165, 1.54) is 17.0 Å². The van der Waals surface area contributed by atoms with E-state index < -0.39 is 0 Å². The summed E-state index contributed by atoms with van der Waals surface area (Å²) in [4.78, 5) is 0. The van der Waals surface area contributed by atoms with E-state index in [9.17, 15) is 5.11 Å². The molecule has 8 heteroatoms. The Balaban J connectivity index is 2.12. The fraction of sp³-hybridized carbons (Fsp3) is 0.100. The molecule has 94 valence electrons. The number of aromatic hydroxyl groups is 1. The van der Waals surface area contributed by atoms with Crippen LogP contribution in [0.2, 0.25) is 5.02 Å². The van der Waals surface area contributed by atoms with Crippen LogP contribution in [0.3, 0.4) is 0 Å². The monoisotopic (exact) mass is 266 g/mol. The summed E-state index contributed by atoms with van der Waals surface area (Å²) in [6.45, 7) is 1.71. The number of nitrogens with two attached hydrogens (primary N) is 1. The molecule has 0 aliphatic rings. The summed E-state index contributed by atoms with van der Waals surface area (Å²) >= 11 is 5.80. The van der Waals surface area contributed by atoms with Crippen molar-refractivity contribution in [1.29, 1.82) is 0 Å². The van der Waals surface area contributed by atoms with Crippen LogP contribution in [0.1, 0.15) is 11.4 Å². The number of nitrogens with zero attached hydrogens (tertiary/aromatic N) is 4. The van der Waals surface area contributed by atoms with Crippen molar-refractivity contribution in [1.82, 2.24) is 14.9 Å². The Bertz CT molecular complexity index is 594. The van der Waals surface area contributed by atoms with Crippen LogP contribution in [0, 0.1) is 6.92 Å². The first-order valence-electron chi connectivity index (χ1n) is 5.02. The standard InChI is InChI=1S/C10H11ClN6O/c1-6-14-16-10(17(6)12)15-13-5-7-4-8(11)2-3-9(7)18/h2-5,18H,12H2,1H3,(H,15,16). The number of aryl methyl sites for hydroxylation is 1. The van der Waals surface area contributed by atoms with E-state index >= 15 is 0 Å². The zero-order chi connectivity index (χ0) is 13.1. The molecule has 4 N–H and O–H groups in total. The molecule has 0 bridgehead atoms. The summed E-state index contributed by atoms with van der Waals surface area (Å²) in [5, 5.41) is 21.5. The number of anilines is 1. The minimum Gasteiger partial charge on any atom is -0.507 e. The lowest BCUT2D eigenvalue weighted by atomic mass is 10.2. The van der Waals surface area contributed by atoms with Crippen molar-refractivity contribution in [2.24, 2.45) is 5.10 Å². The fourth-order valence-corrected chi connectivity index (χ4v) is 1.41. The zero-order valence-corrected chi connectivity index (χ0v) is 10.3. The fourth-order valence-electron chi connectivity index (χ4n) is 1.23. The number of hydrogen-bond donors (Lipinski definition) is 3. The molecular formula is C10H11ClN6O. The number of benzene rings is 1. The second-order valence-electron chi connectivity index (χ2n) is 3.51. The van der Waals surface area contributed by atoms with Gasteiger partial charge in [0.05, 0.1) is 6.21 Å². The lowest BCUT2D eigenvalue weighted by molar-refractivity contribution is 0.474. The van der Waals surface area contributed by atoms with Crippen LogP contribution in [0.5, 0.6) is 5.75 Å². The van der Waals surface area contributed by atoms with E-state index in [0.717, 1.165) is 0 Å². The van der Waals surface area contributed by atoms with Crippen LogP contribution in [-0.4, -0.2) is 26.2 Å². The van der Waals surface area contributed by atoms with Crippen molar-refractivity contribution in [2.45, 2.75) is 6.92 Å². The SMILES string of the molecule is Cc1nnc(NN=Cc2cc(Cl)ccc2O)n1N. The maximum Gasteiger partial charge on any atom is 0.263 e. The molecule has 0 radical (unpaired) electrons. The first-order valence-corrected chi connectivity index (χ1v) is 5.40. The van der Waals surface area contributed by atoms with Crippen LogP contribution >= 0.6 is 11.6 Å². The maximum atomic E-state index is 9.56. The maximum absolute atomic E-state index is 9.56. The molecule has 0 saturated carbocycles. The third kappa shape index (κ3) is 2.51. The quantitative estimate of drug-likeness (QED) is 0.439. The van der Waals surface area contributed by atoms with Crippen molar-refractivity contribution in [3.8, 4) is 5.75 Å². The van der Waals surface area contributed by atoms with E-state index in [0.29, 0.717) is 22.4 Å². The number of halogens is 1. The lowest BCUT2D eigenvalue weighted by Crippen LogP contribution is -2.13. The molecule has 0 fully saturated rings. The highest BCUT2D eigenvalue weighted by Gasteiger charge is 2.03. The molecule has 0 aliphatic carbocycles. The van der Waals surface area contributed by atoms with Crippen LogP contribution < -0.4 is 11.3 Å². The normalized spacial score (nSPS) is 11.0. The van der Waals surface area contributed by atoms with Gasteiger partial charge in [0, 0.05) is 10.6 Å². The Morgan fingerprint density at radius 1 is 1.50 bits per heavy atom. The van der Waals surface area contributed by atoms with Crippen molar-refractivity contribution in [3.63, 3.8) is 0 Å².